The van der Waals surface area contributed by atoms with Crippen LogP contribution in [0.25, 0.3) is 0 Å². The van der Waals surface area contributed by atoms with Gasteiger partial charge < -0.3 is 15.5 Å². The van der Waals surface area contributed by atoms with Crippen molar-refractivity contribution in [3.05, 3.63) is 35.4 Å². The largest absolute Gasteiger partial charge is 0.356 e. The molecule has 0 bridgehead atoms. The van der Waals surface area contributed by atoms with Gasteiger partial charge in [-0.2, -0.15) is 0 Å². The zero-order valence-corrected chi connectivity index (χ0v) is 17.8. The summed E-state index contributed by atoms with van der Waals surface area (Å²) in [5.74, 6) is 1.87. The molecule has 0 spiro atoms. The van der Waals surface area contributed by atoms with Gasteiger partial charge >= 0.3 is 0 Å². The second-order valence-electron chi connectivity index (χ2n) is 8.92. The van der Waals surface area contributed by atoms with E-state index in [0.29, 0.717) is 18.4 Å². The van der Waals surface area contributed by atoms with Crippen molar-refractivity contribution in [2.45, 2.75) is 65.5 Å². The lowest BCUT2D eigenvalue weighted by molar-refractivity contribution is -0.128. The van der Waals surface area contributed by atoms with Gasteiger partial charge in [-0.05, 0) is 48.1 Å². The highest BCUT2D eigenvalue weighted by Gasteiger charge is 2.37. The number of amides is 1. The van der Waals surface area contributed by atoms with Crippen LogP contribution in [0.2, 0.25) is 0 Å². The molecule has 1 amide bonds. The van der Waals surface area contributed by atoms with Gasteiger partial charge in [-0.15, -0.1) is 0 Å². The van der Waals surface area contributed by atoms with E-state index in [1.54, 1.807) is 0 Å². The molecular weight excluding hydrogens is 348 g/mol. The Balaban J connectivity index is 1.54. The molecule has 2 aliphatic rings. The Labute approximate surface area is 170 Å². The predicted molar refractivity (Wildman–Crippen MR) is 115 cm³/mol. The number of nitrogens with one attached hydrogen (secondary N) is 2. The maximum Gasteiger partial charge on any atom is 0.222 e. The van der Waals surface area contributed by atoms with Crippen molar-refractivity contribution in [1.29, 1.82) is 0 Å². The summed E-state index contributed by atoms with van der Waals surface area (Å²) in [6, 6.07) is 8.39. The summed E-state index contributed by atoms with van der Waals surface area (Å²) in [5.41, 5.74) is 2.89. The molecule has 1 aliphatic carbocycles. The van der Waals surface area contributed by atoms with E-state index in [4.69, 9.17) is 0 Å². The number of aliphatic imine (C=N–C) groups is 1. The Morgan fingerprint density at radius 2 is 1.93 bits per heavy atom. The fraction of sp³-hybridized carbons (Fsp3) is 0.652. The van der Waals surface area contributed by atoms with Gasteiger partial charge in [0, 0.05) is 39.6 Å². The Bertz CT molecular complexity index is 694. The second kappa shape index (κ2) is 9.44. The van der Waals surface area contributed by atoms with Crippen LogP contribution in [0.3, 0.4) is 0 Å². The van der Waals surface area contributed by atoms with E-state index in [1.165, 1.54) is 36.8 Å². The number of guanidine groups is 1. The first-order valence-electron chi connectivity index (χ1n) is 10.8. The van der Waals surface area contributed by atoms with Crippen molar-refractivity contribution >= 4 is 11.9 Å². The normalized spacial score (nSPS) is 19.1. The minimum Gasteiger partial charge on any atom is -0.356 e. The first-order chi connectivity index (χ1) is 13.5. The molecule has 1 aromatic rings. The van der Waals surface area contributed by atoms with E-state index in [9.17, 15) is 4.79 Å². The fourth-order valence-corrected chi connectivity index (χ4v) is 4.63. The summed E-state index contributed by atoms with van der Waals surface area (Å²) in [6.45, 7) is 7.93. The molecule has 3 rings (SSSR count). The standard InChI is InChI=1S/C23H36N4O/c1-18(2)14-23(11-7-12-23)17-26-22(24-3)25-15-19-8-4-5-9-20(19)16-27-13-6-10-21(27)28/h4-5,8-9,18H,6-7,10-17H2,1-3H3,(H2,24,25,26). The summed E-state index contributed by atoms with van der Waals surface area (Å²) in [4.78, 5) is 18.4. The average molecular weight is 385 g/mol. The Morgan fingerprint density at radius 3 is 2.50 bits per heavy atom. The molecule has 0 radical (unpaired) electrons. The molecule has 0 aromatic heterocycles. The van der Waals surface area contributed by atoms with E-state index in [1.807, 2.05) is 11.9 Å². The monoisotopic (exact) mass is 384 g/mol. The minimum absolute atomic E-state index is 0.274. The molecule has 2 N–H and O–H groups in total. The van der Waals surface area contributed by atoms with Crippen LogP contribution < -0.4 is 10.6 Å². The topological polar surface area (TPSA) is 56.7 Å². The van der Waals surface area contributed by atoms with Crippen molar-refractivity contribution in [3.8, 4) is 0 Å². The lowest BCUT2D eigenvalue weighted by atomic mass is 9.64. The number of carbonyl (C=O) groups is 1. The number of rotatable bonds is 8. The Kier molecular flexibility index (Phi) is 6.97. The van der Waals surface area contributed by atoms with Crippen LogP contribution in [-0.2, 0) is 17.9 Å². The van der Waals surface area contributed by atoms with Crippen LogP contribution in [0.5, 0.6) is 0 Å². The number of benzene rings is 1. The van der Waals surface area contributed by atoms with Gasteiger partial charge in [-0.3, -0.25) is 9.79 Å². The third-order valence-electron chi connectivity index (χ3n) is 6.21. The van der Waals surface area contributed by atoms with Crippen molar-refractivity contribution in [2.75, 3.05) is 20.1 Å². The SMILES string of the molecule is CN=C(NCc1ccccc1CN1CCCC1=O)NCC1(CC(C)C)CCC1. The van der Waals surface area contributed by atoms with E-state index in [2.05, 4.69) is 53.7 Å². The lowest BCUT2D eigenvalue weighted by Crippen LogP contribution is -2.46. The third-order valence-corrected chi connectivity index (χ3v) is 6.21. The summed E-state index contributed by atoms with van der Waals surface area (Å²) >= 11 is 0. The molecule has 1 saturated heterocycles. The third kappa shape index (κ3) is 5.27. The van der Waals surface area contributed by atoms with E-state index in [-0.39, 0.29) is 5.91 Å². The first-order valence-corrected chi connectivity index (χ1v) is 10.8. The summed E-state index contributed by atoms with van der Waals surface area (Å²) in [7, 11) is 1.83. The van der Waals surface area contributed by atoms with E-state index in [0.717, 1.165) is 37.9 Å². The number of hydrogen-bond donors (Lipinski definition) is 2. The van der Waals surface area contributed by atoms with Crippen molar-refractivity contribution in [1.82, 2.24) is 15.5 Å². The lowest BCUT2D eigenvalue weighted by Gasteiger charge is -2.43. The zero-order chi connectivity index (χ0) is 20.0. The van der Waals surface area contributed by atoms with Gasteiger partial charge in [0.05, 0.1) is 0 Å². The van der Waals surface area contributed by atoms with Gasteiger partial charge in [-0.25, -0.2) is 0 Å². The fourth-order valence-electron chi connectivity index (χ4n) is 4.63. The molecule has 154 valence electrons. The summed E-state index contributed by atoms with van der Waals surface area (Å²) in [6.07, 6.45) is 6.94. The average Bonchev–Trinajstić information content (AvgIpc) is 3.05. The number of likely N-dealkylation sites (tertiary alicyclic amines) is 1. The molecule has 5 heteroatoms. The van der Waals surface area contributed by atoms with E-state index >= 15 is 0 Å². The number of nitrogens with zero attached hydrogens (tertiary/aromatic N) is 2. The van der Waals surface area contributed by atoms with Crippen molar-refractivity contribution in [3.63, 3.8) is 0 Å². The van der Waals surface area contributed by atoms with Gasteiger partial charge in [0.2, 0.25) is 5.91 Å². The number of hydrogen-bond acceptors (Lipinski definition) is 2. The smallest absolute Gasteiger partial charge is 0.222 e. The second-order valence-corrected chi connectivity index (χ2v) is 8.92. The van der Waals surface area contributed by atoms with Crippen LogP contribution in [0.15, 0.2) is 29.3 Å². The minimum atomic E-state index is 0.274. The molecule has 1 aromatic carbocycles. The van der Waals surface area contributed by atoms with Crippen LogP contribution in [0.1, 0.15) is 63.5 Å². The highest BCUT2D eigenvalue weighted by atomic mass is 16.2. The highest BCUT2D eigenvalue weighted by Crippen LogP contribution is 2.45. The van der Waals surface area contributed by atoms with Crippen molar-refractivity contribution < 1.29 is 4.79 Å². The maximum atomic E-state index is 12.0. The molecule has 28 heavy (non-hydrogen) atoms. The summed E-state index contributed by atoms with van der Waals surface area (Å²) in [5, 5.41) is 7.03. The summed E-state index contributed by atoms with van der Waals surface area (Å²) < 4.78 is 0. The Morgan fingerprint density at radius 1 is 1.18 bits per heavy atom. The molecular formula is C23H36N4O. The van der Waals surface area contributed by atoms with Crippen LogP contribution in [-0.4, -0.2) is 36.9 Å². The van der Waals surface area contributed by atoms with Gasteiger partial charge in [0.1, 0.15) is 0 Å². The van der Waals surface area contributed by atoms with Crippen LogP contribution >= 0.6 is 0 Å². The molecule has 2 fully saturated rings. The molecule has 5 nitrogen and oxygen atoms in total. The molecule has 1 saturated carbocycles. The first kappa shape index (κ1) is 20.7. The molecule has 0 unspecified atom stereocenters. The predicted octanol–water partition coefficient (Wildman–Crippen LogP) is 3.69. The number of carbonyl (C=O) groups excluding carboxylic acids is 1. The van der Waals surface area contributed by atoms with Crippen LogP contribution in [0.4, 0.5) is 0 Å². The van der Waals surface area contributed by atoms with Gasteiger partial charge in [0.15, 0.2) is 5.96 Å². The molecule has 0 atom stereocenters. The van der Waals surface area contributed by atoms with Crippen LogP contribution in [0, 0.1) is 11.3 Å². The quantitative estimate of drug-likeness (QED) is 0.531. The van der Waals surface area contributed by atoms with E-state index < -0.39 is 0 Å². The maximum absolute atomic E-state index is 12.0. The Hall–Kier alpha value is -2.04. The molecule has 1 heterocycles. The zero-order valence-electron chi connectivity index (χ0n) is 17.8. The highest BCUT2D eigenvalue weighted by molar-refractivity contribution is 5.80. The van der Waals surface area contributed by atoms with Gasteiger partial charge in [-0.1, -0.05) is 44.5 Å². The van der Waals surface area contributed by atoms with Crippen molar-refractivity contribution in [2.24, 2.45) is 16.3 Å². The molecule has 1 aliphatic heterocycles. The van der Waals surface area contributed by atoms with Gasteiger partial charge in [0.25, 0.3) is 0 Å².